The molecule has 1 fully saturated rings. The average molecular weight is 448 g/mol. The van der Waals surface area contributed by atoms with Gasteiger partial charge in [0.05, 0.1) is 18.3 Å². The second-order valence-electron chi connectivity index (χ2n) is 8.53. The molecule has 4 amide bonds. The average Bonchev–Trinajstić information content (AvgIpc) is 3.60. The Labute approximate surface area is 190 Å². The molecule has 9 nitrogen and oxygen atoms in total. The molecule has 5 rings (SSSR count). The number of hydrogen-bond donors (Lipinski definition) is 3. The van der Waals surface area contributed by atoms with Crippen LogP contribution < -0.4 is 20.7 Å². The lowest BCUT2D eigenvalue weighted by Crippen LogP contribution is -2.44. The van der Waals surface area contributed by atoms with E-state index in [1.54, 1.807) is 35.2 Å². The fraction of sp³-hybridized carbons (Fsp3) is 0.333. The molecule has 0 spiro atoms. The molecule has 3 aliphatic rings. The number of fused-ring (bicyclic) bond motifs is 2. The van der Waals surface area contributed by atoms with Crippen LogP contribution in [0.25, 0.3) is 0 Å². The first-order valence-electron chi connectivity index (χ1n) is 11.0. The number of nitrogens with zero attached hydrogens (tertiary/aromatic N) is 1. The van der Waals surface area contributed by atoms with E-state index >= 15 is 0 Å². The molecule has 170 valence electrons. The van der Waals surface area contributed by atoms with Crippen LogP contribution in [0.2, 0.25) is 0 Å². The largest absolute Gasteiger partial charge is 0.482 e. The Kier molecular flexibility index (Phi) is 5.24. The highest BCUT2D eigenvalue weighted by Gasteiger charge is 2.47. The smallest absolute Gasteiger partial charge is 0.262 e. The number of nitrogens with one attached hydrogen (secondary N) is 3. The quantitative estimate of drug-likeness (QED) is 0.622. The van der Waals surface area contributed by atoms with Crippen LogP contribution in [0.3, 0.4) is 0 Å². The highest BCUT2D eigenvalue weighted by molar-refractivity contribution is 6.05. The molecule has 0 aromatic heterocycles. The van der Waals surface area contributed by atoms with Gasteiger partial charge in [-0.2, -0.15) is 0 Å². The number of ether oxygens (including phenoxy) is 1. The van der Waals surface area contributed by atoms with Crippen molar-refractivity contribution in [2.75, 3.05) is 18.5 Å². The predicted octanol–water partition coefficient (Wildman–Crippen LogP) is 1.67. The lowest BCUT2D eigenvalue weighted by Gasteiger charge is -2.24. The van der Waals surface area contributed by atoms with E-state index in [2.05, 4.69) is 16.0 Å². The minimum Gasteiger partial charge on any atom is -0.482 e. The first kappa shape index (κ1) is 21.0. The molecule has 2 aliphatic heterocycles. The zero-order chi connectivity index (χ0) is 23.1. The molecule has 2 aromatic carbocycles. The fourth-order valence-electron chi connectivity index (χ4n) is 4.34. The number of amides is 4. The number of hydrogen-bond acceptors (Lipinski definition) is 5. The van der Waals surface area contributed by atoms with Crippen molar-refractivity contribution in [3.05, 3.63) is 59.2 Å². The van der Waals surface area contributed by atoms with Crippen molar-refractivity contribution < 1.29 is 23.9 Å². The van der Waals surface area contributed by atoms with Crippen LogP contribution in [-0.4, -0.2) is 47.7 Å². The maximum Gasteiger partial charge on any atom is 0.262 e. The SMILES string of the molecule is CC(NC(=O)CNC(=O)C1c2ccccc2C(=O)N1C1CC1)c1ccc2c(c1)NC(=O)CO2. The van der Waals surface area contributed by atoms with Gasteiger partial charge in [-0.3, -0.25) is 19.2 Å². The van der Waals surface area contributed by atoms with E-state index < -0.39 is 6.04 Å². The van der Waals surface area contributed by atoms with Gasteiger partial charge in [0.25, 0.3) is 11.8 Å². The maximum atomic E-state index is 13.0. The molecule has 1 saturated carbocycles. The van der Waals surface area contributed by atoms with Gasteiger partial charge in [0.2, 0.25) is 11.8 Å². The van der Waals surface area contributed by atoms with Crippen molar-refractivity contribution >= 4 is 29.3 Å². The van der Waals surface area contributed by atoms with Gasteiger partial charge in [-0.1, -0.05) is 24.3 Å². The maximum absolute atomic E-state index is 13.0. The molecule has 3 N–H and O–H groups in total. The molecule has 2 unspecified atom stereocenters. The summed E-state index contributed by atoms with van der Waals surface area (Å²) in [5.74, 6) is -0.502. The highest BCUT2D eigenvalue weighted by Crippen LogP contribution is 2.41. The first-order valence-corrected chi connectivity index (χ1v) is 11.0. The van der Waals surface area contributed by atoms with E-state index in [1.807, 2.05) is 19.1 Å². The predicted molar refractivity (Wildman–Crippen MR) is 119 cm³/mol. The Hall–Kier alpha value is -3.88. The summed E-state index contributed by atoms with van der Waals surface area (Å²) in [4.78, 5) is 51.5. The summed E-state index contributed by atoms with van der Waals surface area (Å²) in [6.07, 6.45) is 1.77. The molecule has 0 bridgehead atoms. The van der Waals surface area contributed by atoms with Crippen LogP contribution >= 0.6 is 0 Å². The van der Waals surface area contributed by atoms with E-state index in [9.17, 15) is 19.2 Å². The van der Waals surface area contributed by atoms with Gasteiger partial charge in [-0.05, 0) is 49.1 Å². The molecule has 9 heteroatoms. The number of benzene rings is 2. The first-order chi connectivity index (χ1) is 15.9. The van der Waals surface area contributed by atoms with Gasteiger partial charge in [0.1, 0.15) is 11.8 Å². The summed E-state index contributed by atoms with van der Waals surface area (Å²) in [5.41, 5.74) is 2.57. The Morgan fingerprint density at radius 1 is 1.18 bits per heavy atom. The molecule has 33 heavy (non-hydrogen) atoms. The van der Waals surface area contributed by atoms with E-state index in [1.165, 1.54) is 0 Å². The van der Waals surface area contributed by atoms with Crippen molar-refractivity contribution in [1.29, 1.82) is 0 Å². The number of anilines is 1. The van der Waals surface area contributed by atoms with Gasteiger partial charge in [-0.25, -0.2) is 0 Å². The van der Waals surface area contributed by atoms with Crippen molar-refractivity contribution in [1.82, 2.24) is 15.5 Å². The molecular formula is C24H24N4O5. The molecule has 1 aliphatic carbocycles. The van der Waals surface area contributed by atoms with E-state index in [-0.39, 0.29) is 48.9 Å². The molecule has 2 atom stereocenters. The highest BCUT2D eigenvalue weighted by atomic mass is 16.5. The third-order valence-electron chi connectivity index (χ3n) is 6.12. The molecule has 2 aromatic rings. The Bertz CT molecular complexity index is 1160. The van der Waals surface area contributed by atoms with Crippen molar-refractivity contribution in [2.24, 2.45) is 0 Å². The second kappa shape index (κ2) is 8.23. The zero-order valence-corrected chi connectivity index (χ0v) is 18.1. The molecule has 0 saturated heterocycles. The molecule has 2 heterocycles. The summed E-state index contributed by atoms with van der Waals surface area (Å²) >= 11 is 0. The second-order valence-corrected chi connectivity index (χ2v) is 8.53. The van der Waals surface area contributed by atoms with Gasteiger partial charge in [0, 0.05) is 11.6 Å². The Balaban J connectivity index is 1.21. The van der Waals surface area contributed by atoms with Crippen LogP contribution in [0.15, 0.2) is 42.5 Å². The summed E-state index contributed by atoms with van der Waals surface area (Å²) in [7, 11) is 0. The van der Waals surface area contributed by atoms with Crippen molar-refractivity contribution in [3.8, 4) is 5.75 Å². The van der Waals surface area contributed by atoms with Gasteiger partial charge in [-0.15, -0.1) is 0 Å². The van der Waals surface area contributed by atoms with Crippen LogP contribution in [0.4, 0.5) is 5.69 Å². The number of rotatable bonds is 6. The number of carbonyl (C=O) groups excluding carboxylic acids is 4. The third-order valence-corrected chi connectivity index (χ3v) is 6.12. The summed E-state index contributed by atoms with van der Waals surface area (Å²) < 4.78 is 5.35. The lowest BCUT2D eigenvalue weighted by atomic mass is 10.0. The summed E-state index contributed by atoms with van der Waals surface area (Å²) in [5, 5.41) is 8.28. The van der Waals surface area contributed by atoms with Crippen molar-refractivity contribution in [3.63, 3.8) is 0 Å². The normalized spacial score (nSPS) is 19.7. The van der Waals surface area contributed by atoms with Gasteiger partial charge >= 0.3 is 0 Å². The van der Waals surface area contributed by atoms with Gasteiger partial charge < -0.3 is 25.6 Å². The minimum atomic E-state index is -0.712. The standard InChI is InChI=1S/C24H24N4O5/c1-13(14-6-9-19-18(10-14)27-21(30)12-33-19)26-20(29)11-25-23(31)22-16-4-2-3-5-17(16)24(32)28(22)15-7-8-15/h2-6,9-10,13,15,22H,7-8,11-12H2,1H3,(H,25,31)(H,26,29)(H,27,30). The minimum absolute atomic E-state index is 0.0203. The van der Waals surface area contributed by atoms with E-state index in [4.69, 9.17) is 4.74 Å². The lowest BCUT2D eigenvalue weighted by molar-refractivity contribution is -0.129. The summed E-state index contributed by atoms with van der Waals surface area (Å²) in [6.45, 7) is 1.58. The van der Waals surface area contributed by atoms with E-state index in [0.717, 1.165) is 18.4 Å². The molecule has 0 radical (unpaired) electrons. The Morgan fingerprint density at radius 3 is 2.76 bits per heavy atom. The van der Waals surface area contributed by atoms with Crippen LogP contribution in [-0.2, 0) is 14.4 Å². The van der Waals surface area contributed by atoms with E-state index in [0.29, 0.717) is 22.6 Å². The zero-order valence-electron chi connectivity index (χ0n) is 18.1. The molecular weight excluding hydrogens is 424 g/mol. The monoisotopic (exact) mass is 448 g/mol. The Morgan fingerprint density at radius 2 is 1.97 bits per heavy atom. The third kappa shape index (κ3) is 4.02. The van der Waals surface area contributed by atoms with Crippen LogP contribution in [0.1, 0.15) is 53.3 Å². The fourth-order valence-corrected chi connectivity index (χ4v) is 4.34. The number of carbonyl (C=O) groups is 4. The van der Waals surface area contributed by atoms with Crippen molar-refractivity contribution in [2.45, 2.75) is 37.9 Å². The topological polar surface area (TPSA) is 117 Å². The van der Waals surface area contributed by atoms with Gasteiger partial charge in [0.15, 0.2) is 6.61 Å². The van der Waals surface area contributed by atoms with Crippen LogP contribution in [0, 0.1) is 0 Å². The van der Waals surface area contributed by atoms with Crippen LogP contribution in [0.5, 0.6) is 5.75 Å². The summed E-state index contributed by atoms with van der Waals surface area (Å²) in [6, 6.07) is 11.4.